The van der Waals surface area contributed by atoms with Crippen LogP contribution in [0.2, 0.25) is 0 Å². The lowest BCUT2D eigenvalue weighted by molar-refractivity contribution is -0.190. The van der Waals surface area contributed by atoms with E-state index in [2.05, 4.69) is 47.2 Å². The van der Waals surface area contributed by atoms with E-state index in [1.165, 1.54) is 22.1 Å². The Balaban J connectivity index is 1.18. The fraction of sp³-hybridized carbons (Fsp3) is 0.581. The van der Waals surface area contributed by atoms with Crippen LogP contribution in [-0.2, 0) is 4.74 Å². The Kier molecular flexibility index (Phi) is 4.64. The number of allylic oxidation sites excluding steroid dienone is 1. The van der Waals surface area contributed by atoms with Gasteiger partial charge in [0.05, 0.1) is 11.7 Å². The predicted octanol–water partition coefficient (Wildman–Crippen LogP) is 3.43. The third-order valence-electron chi connectivity index (χ3n) is 11.3. The fourth-order valence-corrected chi connectivity index (χ4v) is 9.52. The Hall–Kier alpha value is -2.09. The van der Waals surface area contributed by atoms with Crippen LogP contribution in [-0.4, -0.2) is 68.7 Å². The van der Waals surface area contributed by atoms with E-state index in [4.69, 9.17) is 10.5 Å². The molecule has 4 N–H and O–H groups in total. The number of aromatic nitrogens is 1. The maximum absolute atomic E-state index is 11.8. The number of hydrogen-bond acceptors (Lipinski definition) is 6. The van der Waals surface area contributed by atoms with E-state index in [-0.39, 0.29) is 29.3 Å². The first-order valence-corrected chi connectivity index (χ1v) is 14.2. The van der Waals surface area contributed by atoms with Crippen molar-refractivity contribution in [3.8, 4) is 0 Å². The first-order valence-electron chi connectivity index (χ1n) is 14.2. The number of nitrogens with zero attached hydrogens (tertiary/aromatic N) is 2. The van der Waals surface area contributed by atoms with Gasteiger partial charge in [-0.3, -0.25) is 9.88 Å². The van der Waals surface area contributed by atoms with Crippen molar-refractivity contribution in [1.29, 1.82) is 0 Å². The van der Waals surface area contributed by atoms with Crippen LogP contribution in [0.3, 0.4) is 0 Å². The third kappa shape index (κ3) is 2.86. The second-order valence-corrected chi connectivity index (χ2v) is 13.0. The molecule has 2 spiro atoms. The minimum Gasteiger partial charge on any atom is -0.392 e. The van der Waals surface area contributed by atoms with Gasteiger partial charge in [-0.25, -0.2) is 0 Å². The molecule has 1 aromatic carbocycles. The van der Waals surface area contributed by atoms with Gasteiger partial charge in [0, 0.05) is 54.8 Å². The Bertz CT molecular complexity index is 1350. The van der Waals surface area contributed by atoms with E-state index in [9.17, 15) is 10.2 Å². The first-order chi connectivity index (χ1) is 17.8. The Morgan fingerprint density at radius 1 is 1.11 bits per heavy atom. The third-order valence-corrected chi connectivity index (χ3v) is 11.3. The average molecular weight is 500 g/mol. The summed E-state index contributed by atoms with van der Waals surface area (Å²) in [5, 5.41) is 25.7. The Morgan fingerprint density at radius 3 is 2.78 bits per heavy atom. The molecule has 0 amide bonds. The van der Waals surface area contributed by atoms with Gasteiger partial charge in [-0.05, 0) is 78.2 Å². The SMILES string of the molecule is C[C@]12CC=C3C=C4CC[C@@H](N5CC(N)C5)[C@H](O)[C@]45CCC3(O5)[C@@H]1C[C@@H](O)C2c1ccc2ccncc2c1. The largest absolute Gasteiger partial charge is 0.392 e. The summed E-state index contributed by atoms with van der Waals surface area (Å²) in [5.41, 5.74) is 8.70. The number of aliphatic hydroxyl groups excluding tert-OH is 2. The van der Waals surface area contributed by atoms with E-state index >= 15 is 0 Å². The Labute approximate surface area is 218 Å². The van der Waals surface area contributed by atoms with E-state index in [0.29, 0.717) is 0 Å². The zero-order valence-electron chi connectivity index (χ0n) is 21.5. The highest BCUT2D eigenvalue weighted by Crippen LogP contribution is 2.69. The molecule has 8 rings (SSSR count). The van der Waals surface area contributed by atoms with Crippen molar-refractivity contribution in [3.05, 3.63) is 65.5 Å². The number of pyridine rings is 1. The Morgan fingerprint density at radius 2 is 1.95 bits per heavy atom. The summed E-state index contributed by atoms with van der Waals surface area (Å²) in [4.78, 5) is 6.68. The molecule has 2 unspecified atom stereocenters. The van der Waals surface area contributed by atoms with Crippen LogP contribution in [0.4, 0.5) is 0 Å². The maximum atomic E-state index is 11.8. The number of fused-ring (bicyclic) bond motifs is 2. The quantitative estimate of drug-likeness (QED) is 0.587. The van der Waals surface area contributed by atoms with Crippen molar-refractivity contribution in [3.63, 3.8) is 0 Å². The van der Waals surface area contributed by atoms with E-state index in [1.807, 2.05) is 18.5 Å². The summed E-state index contributed by atoms with van der Waals surface area (Å²) >= 11 is 0. The second-order valence-electron chi connectivity index (χ2n) is 13.0. The van der Waals surface area contributed by atoms with Gasteiger partial charge in [0.2, 0.25) is 0 Å². The standard InChI is InChI=1S/C31H37N3O3/c1-29-8-6-22-13-21-4-5-24(34-16-23(32)17-34)28(36)31(21)10-9-30(22,37-31)26(29)14-25(35)27(29)19-3-2-18-7-11-33-15-20(18)12-19/h2-3,6-7,11-13,15,23-28,35-36H,4-5,8-10,14,16-17,32H2,1H3/t24-,25-,26-,27?,28+,29+,30?,31+/m1/s1. The van der Waals surface area contributed by atoms with Crippen molar-refractivity contribution in [2.75, 3.05) is 13.1 Å². The molecule has 194 valence electrons. The molecular weight excluding hydrogens is 462 g/mol. The summed E-state index contributed by atoms with van der Waals surface area (Å²) in [5.74, 6) is 0.234. The number of nitrogens with two attached hydrogens (primary N) is 1. The summed E-state index contributed by atoms with van der Waals surface area (Å²) in [6, 6.07) is 8.96. The highest BCUT2D eigenvalue weighted by molar-refractivity contribution is 5.82. The fourth-order valence-electron chi connectivity index (χ4n) is 9.52. The van der Waals surface area contributed by atoms with E-state index in [1.54, 1.807) is 0 Å². The van der Waals surface area contributed by atoms with Crippen LogP contribution < -0.4 is 5.73 Å². The predicted molar refractivity (Wildman–Crippen MR) is 142 cm³/mol. The molecule has 6 heteroatoms. The number of aliphatic hydroxyl groups is 2. The normalized spacial score (nSPS) is 45.0. The lowest BCUT2D eigenvalue weighted by Crippen LogP contribution is -2.68. The van der Waals surface area contributed by atoms with Gasteiger partial charge in [-0.1, -0.05) is 31.2 Å². The molecule has 1 aromatic heterocycles. The molecule has 8 atom stereocenters. The monoisotopic (exact) mass is 499 g/mol. The number of likely N-dealkylation sites (tertiary alicyclic amines) is 1. The number of rotatable bonds is 2. The lowest BCUT2D eigenvalue weighted by atomic mass is 9.58. The number of benzene rings is 1. The molecule has 3 aliphatic carbocycles. The second kappa shape index (κ2) is 7.51. The summed E-state index contributed by atoms with van der Waals surface area (Å²) in [7, 11) is 0. The van der Waals surface area contributed by atoms with Gasteiger partial charge < -0.3 is 20.7 Å². The smallest absolute Gasteiger partial charge is 0.118 e. The van der Waals surface area contributed by atoms with Gasteiger partial charge in [-0.15, -0.1) is 0 Å². The molecule has 2 saturated heterocycles. The van der Waals surface area contributed by atoms with Crippen LogP contribution in [0.25, 0.3) is 10.8 Å². The van der Waals surface area contributed by atoms with Crippen LogP contribution in [0.1, 0.15) is 56.9 Å². The van der Waals surface area contributed by atoms with Crippen molar-refractivity contribution in [2.24, 2.45) is 17.1 Å². The van der Waals surface area contributed by atoms with E-state index in [0.717, 1.165) is 57.0 Å². The van der Waals surface area contributed by atoms with Crippen molar-refractivity contribution in [1.82, 2.24) is 9.88 Å². The average Bonchev–Trinajstić information content (AvgIpc) is 3.35. The van der Waals surface area contributed by atoms with Gasteiger partial charge in [0.1, 0.15) is 11.7 Å². The summed E-state index contributed by atoms with van der Waals surface area (Å²) < 4.78 is 7.28. The lowest BCUT2D eigenvalue weighted by Gasteiger charge is -2.57. The summed E-state index contributed by atoms with van der Waals surface area (Å²) in [6.45, 7) is 4.09. The minimum atomic E-state index is -0.601. The van der Waals surface area contributed by atoms with Crippen molar-refractivity contribution < 1.29 is 14.9 Å². The van der Waals surface area contributed by atoms with Crippen molar-refractivity contribution >= 4 is 10.8 Å². The number of ether oxygens (including phenoxy) is 1. The van der Waals surface area contributed by atoms with Crippen LogP contribution in [0.15, 0.2) is 60.0 Å². The van der Waals surface area contributed by atoms with Gasteiger partial charge in [-0.2, -0.15) is 0 Å². The molecule has 4 fully saturated rings. The zero-order valence-corrected chi connectivity index (χ0v) is 21.5. The molecule has 2 bridgehead atoms. The zero-order chi connectivity index (χ0) is 25.2. The molecule has 2 aromatic rings. The van der Waals surface area contributed by atoms with E-state index < -0.39 is 23.4 Å². The van der Waals surface area contributed by atoms with Crippen LogP contribution in [0.5, 0.6) is 0 Å². The molecule has 3 aliphatic heterocycles. The minimum absolute atomic E-state index is 0.0337. The molecule has 6 aliphatic rings. The maximum Gasteiger partial charge on any atom is 0.118 e. The van der Waals surface area contributed by atoms with Gasteiger partial charge in [0.15, 0.2) is 0 Å². The highest BCUT2D eigenvalue weighted by Gasteiger charge is 2.70. The van der Waals surface area contributed by atoms with Crippen LogP contribution >= 0.6 is 0 Å². The topological polar surface area (TPSA) is 91.8 Å². The molecule has 37 heavy (non-hydrogen) atoms. The molecule has 0 radical (unpaired) electrons. The van der Waals surface area contributed by atoms with Crippen molar-refractivity contribution in [2.45, 2.75) is 86.9 Å². The molecular formula is C31H37N3O3. The summed E-state index contributed by atoms with van der Waals surface area (Å²) in [6.07, 6.45) is 12.9. The highest BCUT2D eigenvalue weighted by atomic mass is 16.5. The van der Waals surface area contributed by atoms with Gasteiger partial charge in [0.25, 0.3) is 0 Å². The number of hydrogen-bond donors (Lipinski definition) is 3. The molecule has 2 saturated carbocycles. The van der Waals surface area contributed by atoms with Crippen LogP contribution in [0, 0.1) is 11.3 Å². The van der Waals surface area contributed by atoms with Gasteiger partial charge >= 0.3 is 0 Å². The molecule has 4 heterocycles. The first kappa shape index (κ1) is 22.9. The molecule has 6 nitrogen and oxygen atoms in total.